The van der Waals surface area contributed by atoms with Crippen molar-refractivity contribution in [3.05, 3.63) is 46.3 Å². The number of nitrogens with one attached hydrogen (secondary N) is 2. The highest BCUT2D eigenvalue weighted by atomic mass is 32.1. The molecule has 0 aromatic carbocycles. The second-order valence-corrected chi connectivity index (χ2v) is 8.08. The summed E-state index contributed by atoms with van der Waals surface area (Å²) in [5.41, 5.74) is 2.03. The fourth-order valence-electron chi connectivity index (χ4n) is 3.95. The Bertz CT molecular complexity index is 845. The number of hydrogen-bond acceptors (Lipinski definition) is 5. The van der Waals surface area contributed by atoms with Gasteiger partial charge in [0, 0.05) is 19.7 Å². The smallest absolute Gasteiger partial charge is 0.322 e. The third-order valence-corrected chi connectivity index (χ3v) is 6.07. The predicted octanol–water partition coefficient (Wildman–Crippen LogP) is 1.39. The van der Waals surface area contributed by atoms with Crippen LogP contribution in [-0.2, 0) is 14.3 Å². The molecule has 0 aliphatic carbocycles. The summed E-state index contributed by atoms with van der Waals surface area (Å²) in [6, 6.07) is 1.13. The van der Waals surface area contributed by atoms with E-state index in [4.69, 9.17) is 4.74 Å². The Kier molecular flexibility index (Phi) is 5.68. The van der Waals surface area contributed by atoms with Crippen molar-refractivity contribution in [3.8, 4) is 0 Å². The third kappa shape index (κ3) is 3.92. The maximum absolute atomic E-state index is 13.2. The molecule has 154 valence electrons. The Balaban J connectivity index is 1.49. The van der Waals surface area contributed by atoms with Crippen LogP contribution < -0.4 is 10.6 Å². The minimum absolute atomic E-state index is 0.0486. The van der Waals surface area contributed by atoms with Gasteiger partial charge in [-0.15, -0.1) is 6.58 Å². The molecule has 2 unspecified atom stereocenters. The average molecular weight is 417 g/mol. The molecule has 2 atom stereocenters. The van der Waals surface area contributed by atoms with E-state index in [1.54, 1.807) is 6.08 Å². The molecule has 4 amide bonds. The number of carbonyl (C=O) groups excluding carboxylic acids is 3. The summed E-state index contributed by atoms with van der Waals surface area (Å²) in [4.78, 5) is 41.2. The number of carbonyl (C=O) groups is 3. The molecule has 0 saturated carbocycles. The van der Waals surface area contributed by atoms with Crippen LogP contribution in [0.3, 0.4) is 0 Å². The largest absolute Gasteiger partial charge is 0.376 e. The number of nitrogens with zero attached hydrogens (tertiary/aromatic N) is 2. The van der Waals surface area contributed by atoms with Crippen molar-refractivity contribution in [1.29, 1.82) is 0 Å². The van der Waals surface area contributed by atoms with Crippen LogP contribution in [0, 0.1) is 0 Å². The molecule has 4 heterocycles. The number of amides is 4. The monoisotopic (exact) mass is 416 g/mol. The van der Waals surface area contributed by atoms with Gasteiger partial charge in [-0.2, -0.15) is 11.3 Å². The zero-order valence-corrected chi connectivity index (χ0v) is 16.9. The lowest BCUT2D eigenvalue weighted by atomic mass is 9.98. The molecule has 3 aliphatic rings. The normalized spacial score (nSPS) is 24.0. The fourth-order valence-corrected chi connectivity index (χ4v) is 4.64. The Hall–Kier alpha value is -2.65. The molecule has 0 bridgehead atoms. The average Bonchev–Trinajstić information content (AvgIpc) is 3.45. The van der Waals surface area contributed by atoms with E-state index >= 15 is 0 Å². The van der Waals surface area contributed by atoms with Crippen molar-refractivity contribution >= 4 is 29.2 Å². The number of thiophene rings is 1. The second-order valence-electron chi connectivity index (χ2n) is 7.30. The Morgan fingerprint density at radius 3 is 3.00 bits per heavy atom. The second kappa shape index (κ2) is 8.38. The molecule has 4 rings (SSSR count). The van der Waals surface area contributed by atoms with Gasteiger partial charge in [-0.1, -0.05) is 6.08 Å². The molecule has 1 aromatic rings. The van der Waals surface area contributed by atoms with E-state index in [0.717, 1.165) is 25.0 Å². The van der Waals surface area contributed by atoms with Gasteiger partial charge in [-0.3, -0.25) is 14.5 Å². The molecule has 2 N–H and O–H groups in total. The lowest BCUT2D eigenvalue weighted by Gasteiger charge is -2.32. The maximum atomic E-state index is 13.2. The zero-order valence-electron chi connectivity index (χ0n) is 16.1. The summed E-state index contributed by atoms with van der Waals surface area (Å²) < 4.78 is 5.52. The van der Waals surface area contributed by atoms with Crippen molar-refractivity contribution in [1.82, 2.24) is 20.4 Å². The first-order chi connectivity index (χ1) is 14.1. The first kappa shape index (κ1) is 19.7. The summed E-state index contributed by atoms with van der Waals surface area (Å²) in [6.45, 7) is 5.36. The van der Waals surface area contributed by atoms with Crippen molar-refractivity contribution in [3.63, 3.8) is 0 Å². The van der Waals surface area contributed by atoms with Crippen molar-refractivity contribution in [2.45, 2.75) is 25.0 Å². The summed E-state index contributed by atoms with van der Waals surface area (Å²) in [5.74, 6) is -0.451. The standard InChI is InChI=1S/C20H24N4O4S/c1-2-6-24-15-10-23(11-16(25)21-9-14-4-3-7-28-14)19(26)17(15)18(22-20(24)27)13-5-8-29-12-13/h2,5,8,12,14,18H,1,3-4,6-7,9-11H2,(H,21,25)(H,22,27). The van der Waals surface area contributed by atoms with Gasteiger partial charge in [0.15, 0.2) is 0 Å². The van der Waals surface area contributed by atoms with Gasteiger partial charge in [-0.25, -0.2) is 4.79 Å². The van der Waals surface area contributed by atoms with Gasteiger partial charge in [0.2, 0.25) is 5.91 Å². The fraction of sp³-hybridized carbons (Fsp3) is 0.450. The Morgan fingerprint density at radius 2 is 2.31 bits per heavy atom. The van der Waals surface area contributed by atoms with E-state index < -0.39 is 6.04 Å². The van der Waals surface area contributed by atoms with Crippen molar-refractivity contribution in [2.24, 2.45) is 0 Å². The molecule has 1 fully saturated rings. The number of rotatable bonds is 7. The minimum Gasteiger partial charge on any atom is -0.376 e. The third-order valence-electron chi connectivity index (χ3n) is 5.37. The zero-order chi connectivity index (χ0) is 20.4. The van der Waals surface area contributed by atoms with Crippen LogP contribution in [-0.4, -0.2) is 66.5 Å². The first-order valence-corrected chi connectivity index (χ1v) is 10.6. The Morgan fingerprint density at radius 1 is 1.45 bits per heavy atom. The number of ether oxygens (including phenoxy) is 1. The molecule has 1 saturated heterocycles. The number of hydrogen-bond donors (Lipinski definition) is 2. The van der Waals surface area contributed by atoms with Gasteiger partial charge in [0.25, 0.3) is 5.91 Å². The minimum atomic E-state index is -0.503. The van der Waals surface area contributed by atoms with E-state index in [1.807, 2.05) is 16.8 Å². The van der Waals surface area contributed by atoms with E-state index in [-0.39, 0.29) is 37.0 Å². The van der Waals surface area contributed by atoms with Crippen LogP contribution in [0.25, 0.3) is 0 Å². The van der Waals surface area contributed by atoms with Gasteiger partial charge in [0.1, 0.15) is 6.54 Å². The van der Waals surface area contributed by atoms with E-state index in [0.29, 0.717) is 24.4 Å². The van der Waals surface area contributed by atoms with Crippen LogP contribution in [0.15, 0.2) is 40.8 Å². The molecule has 9 heteroatoms. The molecule has 3 aliphatic heterocycles. The highest BCUT2D eigenvalue weighted by Gasteiger charge is 2.44. The van der Waals surface area contributed by atoms with E-state index in [2.05, 4.69) is 17.2 Å². The summed E-state index contributed by atoms with van der Waals surface area (Å²) in [7, 11) is 0. The molecule has 8 nitrogen and oxygen atoms in total. The van der Waals surface area contributed by atoms with Gasteiger partial charge < -0.3 is 20.3 Å². The lowest BCUT2D eigenvalue weighted by molar-refractivity contribution is -0.132. The predicted molar refractivity (Wildman–Crippen MR) is 108 cm³/mol. The van der Waals surface area contributed by atoms with Gasteiger partial charge in [0.05, 0.1) is 30.0 Å². The highest BCUT2D eigenvalue weighted by molar-refractivity contribution is 7.08. The van der Waals surface area contributed by atoms with Gasteiger partial charge >= 0.3 is 6.03 Å². The quantitative estimate of drug-likeness (QED) is 0.658. The van der Waals surface area contributed by atoms with Crippen molar-refractivity contribution in [2.75, 3.05) is 32.8 Å². The maximum Gasteiger partial charge on any atom is 0.322 e. The number of urea groups is 1. The van der Waals surface area contributed by atoms with Crippen LogP contribution in [0.4, 0.5) is 4.79 Å². The lowest BCUT2D eigenvalue weighted by Crippen LogP contribution is -2.47. The topological polar surface area (TPSA) is 91.0 Å². The molecular formula is C20H24N4O4S. The van der Waals surface area contributed by atoms with Crippen LogP contribution >= 0.6 is 11.3 Å². The van der Waals surface area contributed by atoms with Crippen LogP contribution in [0.2, 0.25) is 0 Å². The molecule has 0 radical (unpaired) electrons. The molecular weight excluding hydrogens is 392 g/mol. The van der Waals surface area contributed by atoms with Crippen LogP contribution in [0.5, 0.6) is 0 Å². The molecule has 29 heavy (non-hydrogen) atoms. The summed E-state index contributed by atoms with van der Waals surface area (Å²) in [6.07, 6.45) is 3.61. The Labute approximate surface area is 173 Å². The molecule has 0 spiro atoms. The summed E-state index contributed by atoms with van der Waals surface area (Å²) in [5, 5.41) is 9.60. The summed E-state index contributed by atoms with van der Waals surface area (Å²) >= 11 is 1.51. The highest BCUT2D eigenvalue weighted by Crippen LogP contribution is 2.36. The SMILES string of the molecule is C=CCN1C(=O)NC(c2ccsc2)C2=C1CN(CC(=O)NCC1CCCO1)C2=O. The van der Waals surface area contributed by atoms with Gasteiger partial charge in [-0.05, 0) is 35.2 Å². The van der Waals surface area contributed by atoms with Crippen LogP contribution in [0.1, 0.15) is 24.4 Å². The van der Waals surface area contributed by atoms with E-state index in [1.165, 1.54) is 21.1 Å². The van der Waals surface area contributed by atoms with Crippen molar-refractivity contribution < 1.29 is 19.1 Å². The first-order valence-electron chi connectivity index (χ1n) is 9.70. The molecule has 1 aromatic heterocycles. The van der Waals surface area contributed by atoms with E-state index in [9.17, 15) is 14.4 Å².